The van der Waals surface area contributed by atoms with Crippen LogP contribution in [0.2, 0.25) is 0 Å². The van der Waals surface area contributed by atoms with E-state index in [4.69, 9.17) is 0 Å². The normalized spacial score (nSPS) is 23.4. The first kappa shape index (κ1) is 12.4. The van der Waals surface area contributed by atoms with Gasteiger partial charge in [-0.25, -0.2) is 18.2 Å². The summed E-state index contributed by atoms with van der Waals surface area (Å²) in [6.07, 6.45) is 4.26. The van der Waals surface area contributed by atoms with Crippen LogP contribution in [-0.2, 0) is 14.8 Å². The van der Waals surface area contributed by atoms with Gasteiger partial charge < -0.3 is 0 Å². The van der Waals surface area contributed by atoms with Gasteiger partial charge in [-0.1, -0.05) is 6.42 Å². The third kappa shape index (κ3) is 3.41. The van der Waals surface area contributed by atoms with Crippen molar-refractivity contribution in [1.29, 1.82) is 0 Å². The van der Waals surface area contributed by atoms with E-state index in [-0.39, 0.29) is 18.3 Å². The van der Waals surface area contributed by atoms with Crippen molar-refractivity contribution in [1.82, 2.24) is 4.31 Å². The average molecular weight is 232 g/mol. The second-order valence-corrected chi connectivity index (χ2v) is 5.79. The second kappa shape index (κ2) is 5.39. The fourth-order valence-electron chi connectivity index (χ4n) is 1.81. The molecule has 6 heteroatoms. The zero-order chi connectivity index (χ0) is 11.3. The van der Waals surface area contributed by atoms with E-state index in [0.717, 1.165) is 19.3 Å². The zero-order valence-electron chi connectivity index (χ0n) is 8.85. The Kier molecular flexibility index (Phi) is 4.45. The lowest BCUT2D eigenvalue weighted by Gasteiger charge is -2.32. The van der Waals surface area contributed by atoms with Gasteiger partial charge in [-0.15, -0.1) is 0 Å². The molecule has 0 saturated carbocycles. The van der Waals surface area contributed by atoms with Crippen LogP contribution in [0.1, 0.15) is 26.2 Å². The maximum atomic E-state index is 11.8. The van der Waals surface area contributed by atoms with Crippen LogP contribution in [0, 0.1) is 0 Å². The van der Waals surface area contributed by atoms with Gasteiger partial charge in [-0.05, 0) is 19.8 Å². The van der Waals surface area contributed by atoms with E-state index in [0.29, 0.717) is 6.54 Å². The molecule has 0 spiro atoms. The van der Waals surface area contributed by atoms with Gasteiger partial charge in [0.1, 0.15) is 0 Å². The number of rotatable bonds is 4. The molecule has 15 heavy (non-hydrogen) atoms. The highest BCUT2D eigenvalue weighted by atomic mass is 32.2. The molecule has 1 aliphatic rings. The molecule has 1 atom stereocenters. The molecule has 1 rings (SSSR count). The number of carbonyl (C=O) groups excluding carboxylic acids is 1. The van der Waals surface area contributed by atoms with Crippen LogP contribution in [0.5, 0.6) is 0 Å². The lowest BCUT2D eigenvalue weighted by Crippen LogP contribution is -2.43. The van der Waals surface area contributed by atoms with E-state index in [1.165, 1.54) is 10.4 Å². The third-order valence-corrected chi connectivity index (χ3v) is 4.58. The van der Waals surface area contributed by atoms with Crippen molar-refractivity contribution >= 4 is 16.1 Å². The molecule has 0 aromatic heterocycles. The van der Waals surface area contributed by atoms with Gasteiger partial charge in [0.2, 0.25) is 16.1 Å². The second-order valence-electron chi connectivity index (χ2n) is 3.74. The van der Waals surface area contributed by atoms with Crippen molar-refractivity contribution in [3.05, 3.63) is 0 Å². The van der Waals surface area contributed by atoms with Crippen molar-refractivity contribution in [2.24, 2.45) is 4.99 Å². The van der Waals surface area contributed by atoms with Crippen molar-refractivity contribution in [2.75, 3.05) is 18.8 Å². The van der Waals surface area contributed by atoms with E-state index in [2.05, 4.69) is 4.99 Å². The predicted octanol–water partition coefficient (Wildman–Crippen LogP) is 0.526. The Morgan fingerprint density at radius 3 is 2.80 bits per heavy atom. The van der Waals surface area contributed by atoms with Crippen LogP contribution in [0.3, 0.4) is 0 Å². The monoisotopic (exact) mass is 232 g/mol. The summed E-state index contributed by atoms with van der Waals surface area (Å²) in [7, 11) is -3.24. The Bertz CT molecular complexity index is 346. The molecule has 1 unspecified atom stereocenters. The van der Waals surface area contributed by atoms with Crippen molar-refractivity contribution in [3.63, 3.8) is 0 Å². The SMILES string of the molecule is CC1CCCCN1S(=O)(=O)CCN=C=O. The molecule has 1 heterocycles. The summed E-state index contributed by atoms with van der Waals surface area (Å²) in [4.78, 5) is 13.1. The Balaban J connectivity index is 2.62. The maximum Gasteiger partial charge on any atom is 0.234 e. The van der Waals surface area contributed by atoms with E-state index in [9.17, 15) is 13.2 Å². The number of piperidine rings is 1. The Morgan fingerprint density at radius 1 is 1.47 bits per heavy atom. The molecule has 86 valence electrons. The molecule has 1 saturated heterocycles. The molecular formula is C9H16N2O3S. The standard InChI is InChI=1S/C9H16N2O3S/c1-9-4-2-3-6-11(9)15(13,14)7-5-10-8-12/h9H,2-7H2,1H3. The summed E-state index contributed by atoms with van der Waals surface area (Å²) in [5.41, 5.74) is 0. The summed E-state index contributed by atoms with van der Waals surface area (Å²) >= 11 is 0. The van der Waals surface area contributed by atoms with Crippen LogP contribution in [0.4, 0.5) is 0 Å². The highest BCUT2D eigenvalue weighted by Gasteiger charge is 2.28. The fraction of sp³-hybridized carbons (Fsp3) is 0.889. The highest BCUT2D eigenvalue weighted by Crippen LogP contribution is 2.19. The maximum absolute atomic E-state index is 11.8. The molecule has 0 aromatic carbocycles. The van der Waals surface area contributed by atoms with Crippen LogP contribution >= 0.6 is 0 Å². The first-order chi connectivity index (χ1) is 7.08. The largest absolute Gasteiger partial charge is 0.234 e. The van der Waals surface area contributed by atoms with Crippen LogP contribution in [0.15, 0.2) is 4.99 Å². The molecule has 0 radical (unpaired) electrons. The number of hydrogen-bond donors (Lipinski definition) is 0. The Hall–Kier alpha value is -0.710. The fourth-order valence-corrected chi connectivity index (χ4v) is 3.43. The third-order valence-electron chi connectivity index (χ3n) is 2.62. The summed E-state index contributed by atoms with van der Waals surface area (Å²) in [6.45, 7) is 2.52. The lowest BCUT2D eigenvalue weighted by molar-refractivity contribution is 0.269. The molecule has 0 bridgehead atoms. The molecule has 1 aliphatic heterocycles. The van der Waals surface area contributed by atoms with E-state index < -0.39 is 10.0 Å². The van der Waals surface area contributed by atoms with Gasteiger partial charge >= 0.3 is 0 Å². The van der Waals surface area contributed by atoms with Crippen molar-refractivity contribution in [2.45, 2.75) is 32.2 Å². The van der Waals surface area contributed by atoms with Gasteiger partial charge in [0.25, 0.3) is 0 Å². The van der Waals surface area contributed by atoms with Gasteiger partial charge in [0, 0.05) is 12.6 Å². The summed E-state index contributed by atoms with van der Waals surface area (Å²) < 4.78 is 25.1. The first-order valence-electron chi connectivity index (χ1n) is 5.11. The van der Waals surface area contributed by atoms with Crippen LogP contribution in [-0.4, -0.2) is 43.7 Å². The smallest absolute Gasteiger partial charge is 0.212 e. The predicted molar refractivity (Wildman–Crippen MR) is 56.8 cm³/mol. The topological polar surface area (TPSA) is 66.8 Å². The number of sulfonamides is 1. The Labute approximate surface area is 90.2 Å². The summed E-state index contributed by atoms with van der Waals surface area (Å²) in [5.74, 6) is -0.0907. The molecule has 0 N–H and O–H groups in total. The van der Waals surface area contributed by atoms with Crippen molar-refractivity contribution < 1.29 is 13.2 Å². The number of isocyanates is 1. The van der Waals surface area contributed by atoms with E-state index in [1.54, 1.807) is 0 Å². The lowest BCUT2D eigenvalue weighted by atomic mass is 10.1. The molecular weight excluding hydrogens is 216 g/mol. The van der Waals surface area contributed by atoms with E-state index >= 15 is 0 Å². The Morgan fingerprint density at radius 2 is 2.20 bits per heavy atom. The summed E-state index contributed by atoms with van der Waals surface area (Å²) in [6, 6.07) is 0.0731. The minimum atomic E-state index is -3.24. The van der Waals surface area contributed by atoms with Gasteiger partial charge in [0.05, 0.1) is 12.3 Å². The minimum Gasteiger partial charge on any atom is -0.212 e. The van der Waals surface area contributed by atoms with E-state index in [1.807, 2.05) is 6.92 Å². The van der Waals surface area contributed by atoms with Gasteiger partial charge in [0.15, 0.2) is 0 Å². The quantitative estimate of drug-likeness (QED) is 0.524. The van der Waals surface area contributed by atoms with Crippen molar-refractivity contribution in [3.8, 4) is 0 Å². The summed E-state index contributed by atoms with van der Waals surface area (Å²) in [5, 5.41) is 0. The zero-order valence-corrected chi connectivity index (χ0v) is 9.66. The molecule has 0 amide bonds. The highest BCUT2D eigenvalue weighted by molar-refractivity contribution is 7.89. The molecule has 1 fully saturated rings. The van der Waals surface area contributed by atoms with Crippen LogP contribution in [0.25, 0.3) is 0 Å². The number of hydrogen-bond acceptors (Lipinski definition) is 4. The molecule has 0 aliphatic carbocycles. The first-order valence-corrected chi connectivity index (χ1v) is 6.72. The van der Waals surface area contributed by atoms with Crippen LogP contribution < -0.4 is 0 Å². The molecule has 5 nitrogen and oxygen atoms in total. The number of aliphatic imine (C=N–C) groups is 1. The van der Waals surface area contributed by atoms with Gasteiger partial charge in [-0.2, -0.15) is 4.31 Å². The average Bonchev–Trinajstić information content (AvgIpc) is 2.18. The minimum absolute atomic E-state index is 0.00898. The molecule has 0 aromatic rings. The van der Waals surface area contributed by atoms with Gasteiger partial charge in [-0.3, -0.25) is 0 Å². The number of nitrogens with zero attached hydrogens (tertiary/aromatic N) is 2.